The summed E-state index contributed by atoms with van der Waals surface area (Å²) < 4.78 is 48.8. The smallest absolute Gasteiger partial charge is 0.209 e. The summed E-state index contributed by atoms with van der Waals surface area (Å²) in [5.74, 6) is -2.83. The summed E-state index contributed by atoms with van der Waals surface area (Å²) in [5, 5.41) is -0.582. The Bertz CT molecular complexity index is 976. The first-order chi connectivity index (χ1) is 11.8. The zero-order valence-electron chi connectivity index (χ0n) is 12.5. The van der Waals surface area contributed by atoms with Gasteiger partial charge in [-0.15, -0.1) is 0 Å². The molecule has 0 aliphatic carbocycles. The normalized spacial score (nSPS) is 11.0. The zero-order valence-corrected chi connectivity index (χ0v) is 14.7. The minimum atomic E-state index is -0.989. The minimum absolute atomic E-state index is 0.119. The molecule has 3 aromatic rings. The Labute approximate surface area is 155 Å². The van der Waals surface area contributed by atoms with Crippen molar-refractivity contribution >= 4 is 34.8 Å². The molecule has 9 heteroatoms. The summed E-state index contributed by atoms with van der Waals surface area (Å²) in [7, 11) is 1.24. The maximum Gasteiger partial charge on any atom is 0.209 e. The van der Waals surface area contributed by atoms with Crippen molar-refractivity contribution in [1.82, 2.24) is 9.55 Å². The Balaban J connectivity index is 2.34. The third-order valence-corrected chi connectivity index (χ3v) is 4.29. The van der Waals surface area contributed by atoms with Crippen molar-refractivity contribution in [1.29, 1.82) is 0 Å². The maximum absolute atomic E-state index is 14.6. The average Bonchev–Trinajstić information content (AvgIpc) is 2.85. The summed E-state index contributed by atoms with van der Waals surface area (Å²) >= 11 is 17.7. The molecule has 25 heavy (non-hydrogen) atoms. The van der Waals surface area contributed by atoms with E-state index < -0.39 is 23.0 Å². The van der Waals surface area contributed by atoms with Gasteiger partial charge < -0.3 is 4.74 Å². The number of methoxy groups -OCH3 is 1. The van der Waals surface area contributed by atoms with Gasteiger partial charge in [-0.1, -0.05) is 23.2 Å². The van der Waals surface area contributed by atoms with Crippen molar-refractivity contribution in [3.8, 4) is 22.7 Å². The van der Waals surface area contributed by atoms with Crippen molar-refractivity contribution in [2.24, 2.45) is 0 Å². The van der Waals surface area contributed by atoms with Gasteiger partial charge in [0.05, 0.1) is 29.1 Å². The van der Waals surface area contributed by atoms with Gasteiger partial charge in [-0.2, -0.15) is 0 Å². The SMILES string of the molecule is COc1ccc(F)c(-c2c(Cl)nc(Cl)n2-c2ccc(Cl)c(F)c2)c1F. The number of hydrogen-bond acceptors (Lipinski definition) is 2. The van der Waals surface area contributed by atoms with Crippen LogP contribution in [0.25, 0.3) is 16.9 Å². The molecular formula is C16H8Cl3F3N2O. The summed E-state index contributed by atoms with van der Waals surface area (Å²) in [4.78, 5) is 3.82. The van der Waals surface area contributed by atoms with Crippen LogP contribution in [0.4, 0.5) is 13.2 Å². The van der Waals surface area contributed by atoms with E-state index in [0.29, 0.717) is 0 Å². The fraction of sp³-hybridized carbons (Fsp3) is 0.0625. The fourth-order valence-electron chi connectivity index (χ4n) is 2.35. The number of ether oxygens (including phenoxy) is 1. The molecule has 2 aromatic carbocycles. The molecule has 0 N–H and O–H groups in total. The molecule has 0 atom stereocenters. The number of imidazole rings is 1. The highest BCUT2D eigenvalue weighted by Gasteiger charge is 2.26. The first-order valence-corrected chi connectivity index (χ1v) is 7.90. The second kappa shape index (κ2) is 6.78. The van der Waals surface area contributed by atoms with Crippen LogP contribution >= 0.6 is 34.8 Å². The Morgan fingerprint density at radius 1 is 1.00 bits per heavy atom. The van der Waals surface area contributed by atoms with E-state index in [2.05, 4.69) is 4.98 Å². The summed E-state index contributed by atoms with van der Waals surface area (Å²) in [6.07, 6.45) is 0. The first kappa shape index (κ1) is 17.9. The highest BCUT2D eigenvalue weighted by Crippen LogP contribution is 2.39. The average molecular weight is 408 g/mol. The molecular weight excluding hydrogens is 400 g/mol. The van der Waals surface area contributed by atoms with E-state index in [4.69, 9.17) is 39.5 Å². The third kappa shape index (κ3) is 3.05. The van der Waals surface area contributed by atoms with Crippen LogP contribution in [0.3, 0.4) is 0 Å². The lowest BCUT2D eigenvalue weighted by Gasteiger charge is -2.13. The number of aromatic nitrogens is 2. The van der Waals surface area contributed by atoms with Crippen LogP contribution in [0.1, 0.15) is 0 Å². The lowest BCUT2D eigenvalue weighted by atomic mass is 10.1. The fourth-order valence-corrected chi connectivity index (χ4v) is 3.04. The molecule has 0 radical (unpaired) electrons. The monoisotopic (exact) mass is 406 g/mol. The number of halogens is 6. The quantitative estimate of drug-likeness (QED) is 0.538. The maximum atomic E-state index is 14.6. The van der Waals surface area contributed by atoms with Crippen LogP contribution in [0.15, 0.2) is 30.3 Å². The van der Waals surface area contributed by atoms with Crippen LogP contribution < -0.4 is 4.74 Å². The van der Waals surface area contributed by atoms with E-state index >= 15 is 0 Å². The van der Waals surface area contributed by atoms with Crippen LogP contribution in [-0.4, -0.2) is 16.7 Å². The van der Waals surface area contributed by atoms with Gasteiger partial charge in [0.1, 0.15) is 11.6 Å². The number of rotatable bonds is 3. The predicted molar refractivity (Wildman–Crippen MR) is 90.5 cm³/mol. The number of benzene rings is 2. The molecule has 0 unspecified atom stereocenters. The van der Waals surface area contributed by atoms with E-state index in [1.807, 2.05) is 0 Å². The van der Waals surface area contributed by atoms with Gasteiger partial charge in [0, 0.05) is 0 Å². The molecule has 3 nitrogen and oxygen atoms in total. The standard InChI is InChI=1S/C16H8Cl3F3N2O/c1-25-11-5-4-9(20)12(13(11)22)14-15(18)23-16(19)24(14)7-2-3-8(17)10(21)6-7/h2-6H,1H3. The molecule has 1 aromatic heterocycles. The Kier molecular flexibility index (Phi) is 4.86. The molecule has 1 heterocycles. The van der Waals surface area contributed by atoms with E-state index in [9.17, 15) is 13.2 Å². The zero-order chi connectivity index (χ0) is 18.3. The number of nitrogens with zero attached hydrogens (tertiary/aromatic N) is 2. The second-order valence-electron chi connectivity index (χ2n) is 4.89. The summed E-state index contributed by atoms with van der Waals surface area (Å²) in [6, 6.07) is 5.88. The highest BCUT2D eigenvalue weighted by molar-refractivity contribution is 6.34. The van der Waals surface area contributed by atoms with Gasteiger partial charge >= 0.3 is 0 Å². The third-order valence-electron chi connectivity index (χ3n) is 3.47. The van der Waals surface area contributed by atoms with Gasteiger partial charge in [-0.25, -0.2) is 18.2 Å². The van der Waals surface area contributed by atoms with Crippen LogP contribution in [0, 0.1) is 17.5 Å². The topological polar surface area (TPSA) is 27.1 Å². The Morgan fingerprint density at radius 2 is 1.72 bits per heavy atom. The number of hydrogen-bond donors (Lipinski definition) is 0. The van der Waals surface area contributed by atoms with Gasteiger partial charge in [0.15, 0.2) is 16.7 Å². The van der Waals surface area contributed by atoms with E-state index in [1.54, 1.807) is 0 Å². The lowest BCUT2D eigenvalue weighted by Crippen LogP contribution is -2.02. The molecule has 0 aliphatic rings. The molecule has 3 rings (SSSR count). The van der Waals surface area contributed by atoms with Gasteiger partial charge in [-0.05, 0) is 41.9 Å². The summed E-state index contributed by atoms with van der Waals surface area (Å²) in [5.41, 5.74) is -0.538. The molecule has 0 amide bonds. The second-order valence-corrected chi connectivity index (χ2v) is 6.00. The van der Waals surface area contributed by atoms with E-state index in [1.165, 1.54) is 19.2 Å². The van der Waals surface area contributed by atoms with E-state index in [-0.39, 0.29) is 32.6 Å². The van der Waals surface area contributed by atoms with Gasteiger partial charge in [0.2, 0.25) is 5.28 Å². The highest BCUT2D eigenvalue weighted by atomic mass is 35.5. The Hall–Kier alpha value is -1.89. The molecule has 0 saturated heterocycles. The molecule has 0 bridgehead atoms. The van der Waals surface area contributed by atoms with Crippen LogP contribution in [0.5, 0.6) is 5.75 Å². The molecule has 0 spiro atoms. The minimum Gasteiger partial charge on any atom is -0.494 e. The van der Waals surface area contributed by atoms with Crippen molar-refractivity contribution in [2.75, 3.05) is 7.11 Å². The van der Waals surface area contributed by atoms with Crippen molar-refractivity contribution in [2.45, 2.75) is 0 Å². The first-order valence-electron chi connectivity index (χ1n) is 6.76. The molecule has 0 aliphatic heterocycles. The molecule has 0 fully saturated rings. The van der Waals surface area contributed by atoms with Crippen molar-refractivity contribution in [3.05, 3.63) is 63.2 Å². The largest absolute Gasteiger partial charge is 0.494 e. The van der Waals surface area contributed by atoms with Crippen LogP contribution in [-0.2, 0) is 0 Å². The summed E-state index contributed by atoms with van der Waals surface area (Å²) in [6.45, 7) is 0. The molecule has 0 saturated carbocycles. The van der Waals surface area contributed by atoms with Crippen LogP contribution in [0.2, 0.25) is 15.5 Å². The lowest BCUT2D eigenvalue weighted by molar-refractivity contribution is 0.385. The van der Waals surface area contributed by atoms with E-state index in [0.717, 1.165) is 22.8 Å². The molecule has 130 valence electrons. The van der Waals surface area contributed by atoms with Crippen molar-refractivity contribution in [3.63, 3.8) is 0 Å². The Morgan fingerprint density at radius 3 is 2.36 bits per heavy atom. The van der Waals surface area contributed by atoms with Gasteiger partial charge in [-0.3, -0.25) is 4.57 Å². The van der Waals surface area contributed by atoms with Crippen molar-refractivity contribution < 1.29 is 17.9 Å². The van der Waals surface area contributed by atoms with Gasteiger partial charge in [0.25, 0.3) is 0 Å². The predicted octanol–water partition coefficient (Wildman–Crippen LogP) is 5.93.